The highest BCUT2D eigenvalue weighted by atomic mass is 32.2. The number of carbonyl (C=O) groups excluding carboxylic acids is 2. The van der Waals surface area contributed by atoms with Crippen LogP contribution < -0.4 is 5.73 Å². The lowest BCUT2D eigenvalue weighted by molar-refractivity contribution is -0.118. The maximum absolute atomic E-state index is 11.4. The summed E-state index contributed by atoms with van der Waals surface area (Å²) in [5.41, 5.74) is 5.82. The van der Waals surface area contributed by atoms with E-state index < -0.39 is 11.8 Å². The molecule has 6 heteroatoms. The summed E-state index contributed by atoms with van der Waals surface area (Å²) in [6, 6.07) is 0. The first-order valence-electron chi connectivity index (χ1n) is 3.93. The van der Waals surface area contributed by atoms with Crippen molar-refractivity contribution in [3.8, 4) is 0 Å². The second-order valence-electron chi connectivity index (χ2n) is 2.96. The van der Waals surface area contributed by atoms with Crippen LogP contribution in [0.2, 0.25) is 0 Å². The molecule has 1 unspecified atom stereocenters. The molecule has 14 heavy (non-hydrogen) atoms. The van der Waals surface area contributed by atoms with E-state index in [1.54, 1.807) is 6.92 Å². The minimum Gasteiger partial charge on any atom is -0.365 e. The maximum Gasteiger partial charge on any atom is 0.261 e. The molecule has 2 rings (SSSR count). The number of primary amides is 1. The predicted octanol–water partition coefficient (Wildman–Crippen LogP) is 0.0757. The van der Waals surface area contributed by atoms with Crippen molar-refractivity contribution < 1.29 is 9.59 Å². The number of nitrogens with two attached hydrogens (primary N) is 1. The zero-order valence-corrected chi connectivity index (χ0v) is 8.17. The zero-order chi connectivity index (χ0) is 10.3. The van der Waals surface area contributed by atoms with E-state index in [0.717, 1.165) is 11.8 Å². The molecule has 1 atom stereocenters. The molecule has 0 aromatic carbocycles. The minimum atomic E-state index is -0.516. The molecule has 0 saturated carbocycles. The lowest BCUT2D eigenvalue weighted by atomic mass is 10.0. The maximum atomic E-state index is 11.4. The van der Waals surface area contributed by atoms with Gasteiger partial charge in [-0.25, -0.2) is 9.98 Å². The van der Waals surface area contributed by atoms with Crippen LogP contribution in [0.5, 0.6) is 0 Å². The molecule has 0 aliphatic carbocycles. The Labute approximate surface area is 84.2 Å². The minimum absolute atomic E-state index is 0.281. The fourth-order valence-corrected chi connectivity index (χ4v) is 2.50. The van der Waals surface area contributed by atoms with Crippen LogP contribution in [0.1, 0.15) is 6.92 Å². The molecule has 0 bridgehead atoms. The third-order valence-corrected chi connectivity index (χ3v) is 3.36. The Hall–Kier alpha value is -1.43. The molecule has 2 amide bonds. The van der Waals surface area contributed by atoms with Crippen molar-refractivity contribution in [2.45, 2.75) is 6.92 Å². The third kappa shape index (κ3) is 1.19. The highest BCUT2D eigenvalue weighted by molar-refractivity contribution is 8.18. The first kappa shape index (κ1) is 9.14. The van der Waals surface area contributed by atoms with Crippen molar-refractivity contribution >= 4 is 35.0 Å². The molecular formula is C8H7N3O2S. The molecule has 2 aliphatic heterocycles. The fraction of sp³-hybridized carbons (Fsp3) is 0.250. The summed E-state index contributed by atoms with van der Waals surface area (Å²) in [6.45, 7) is 1.71. The summed E-state index contributed by atoms with van der Waals surface area (Å²) >= 11 is 1.16. The molecular weight excluding hydrogens is 202 g/mol. The first-order valence-corrected chi connectivity index (χ1v) is 4.75. The molecule has 2 heterocycles. The molecule has 0 aromatic rings. The number of fused-ring (bicyclic) bond motifs is 1. The molecule has 0 saturated heterocycles. The largest absolute Gasteiger partial charge is 0.365 e. The van der Waals surface area contributed by atoms with Gasteiger partial charge in [-0.2, -0.15) is 0 Å². The number of hydrogen-bond acceptors (Lipinski definition) is 4. The van der Waals surface area contributed by atoms with Gasteiger partial charge < -0.3 is 5.73 Å². The van der Waals surface area contributed by atoms with Crippen molar-refractivity contribution in [3.63, 3.8) is 0 Å². The number of carbonyl (C=O) groups is 2. The average Bonchev–Trinajstić information content (AvgIpc) is 2.45. The summed E-state index contributed by atoms with van der Waals surface area (Å²) < 4.78 is 0. The van der Waals surface area contributed by atoms with E-state index in [9.17, 15) is 9.59 Å². The molecule has 5 nitrogen and oxygen atoms in total. The van der Waals surface area contributed by atoms with Gasteiger partial charge in [0.2, 0.25) is 0 Å². The van der Waals surface area contributed by atoms with Crippen LogP contribution in [0.3, 0.4) is 0 Å². The summed E-state index contributed by atoms with van der Waals surface area (Å²) in [5, 5.41) is 0.594. The van der Waals surface area contributed by atoms with Gasteiger partial charge >= 0.3 is 0 Å². The number of rotatable bonds is 1. The van der Waals surface area contributed by atoms with Gasteiger partial charge in [-0.1, -0.05) is 11.8 Å². The SMILES string of the molecule is CC1=C(C(N)=O)SC2=NC=NC(=O)C21. The Bertz CT molecular complexity index is 422. The van der Waals surface area contributed by atoms with Gasteiger partial charge in [-0.05, 0) is 12.5 Å². The number of hydrogen-bond donors (Lipinski definition) is 1. The normalized spacial score (nSPS) is 25.1. The number of nitrogens with zero attached hydrogens (tertiary/aromatic N) is 2. The van der Waals surface area contributed by atoms with Gasteiger partial charge in [-0.15, -0.1) is 0 Å². The van der Waals surface area contributed by atoms with E-state index in [2.05, 4.69) is 9.98 Å². The van der Waals surface area contributed by atoms with Crippen molar-refractivity contribution in [2.24, 2.45) is 21.6 Å². The van der Waals surface area contributed by atoms with Crippen molar-refractivity contribution in [1.82, 2.24) is 0 Å². The van der Waals surface area contributed by atoms with E-state index in [4.69, 9.17) is 5.73 Å². The van der Waals surface area contributed by atoms with Crippen molar-refractivity contribution in [2.75, 3.05) is 0 Å². The monoisotopic (exact) mass is 209 g/mol. The number of thioether (sulfide) groups is 1. The van der Waals surface area contributed by atoms with E-state index >= 15 is 0 Å². The molecule has 0 fully saturated rings. The number of amides is 2. The van der Waals surface area contributed by atoms with E-state index in [-0.39, 0.29) is 5.91 Å². The summed E-state index contributed by atoms with van der Waals surface area (Å²) in [5.74, 6) is -1.28. The molecule has 2 N–H and O–H groups in total. The summed E-state index contributed by atoms with van der Waals surface area (Å²) in [4.78, 5) is 30.3. The van der Waals surface area contributed by atoms with Crippen LogP contribution in [-0.2, 0) is 9.59 Å². The lowest BCUT2D eigenvalue weighted by Gasteiger charge is -2.09. The predicted molar refractivity (Wildman–Crippen MR) is 53.9 cm³/mol. The van der Waals surface area contributed by atoms with Gasteiger partial charge in [0.25, 0.3) is 11.8 Å². The number of aliphatic imine (C=N–C) groups is 2. The van der Waals surface area contributed by atoms with Crippen LogP contribution in [-0.4, -0.2) is 23.2 Å². The average molecular weight is 209 g/mol. The smallest absolute Gasteiger partial charge is 0.261 e. The van der Waals surface area contributed by atoms with Crippen LogP contribution in [0, 0.1) is 5.92 Å². The molecule has 0 radical (unpaired) electrons. The fourth-order valence-electron chi connectivity index (χ4n) is 1.41. The summed E-state index contributed by atoms with van der Waals surface area (Å²) in [6.07, 6.45) is 1.21. The molecule has 2 aliphatic rings. The third-order valence-electron chi connectivity index (χ3n) is 2.09. The topological polar surface area (TPSA) is 84.9 Å². The Kier molecular flexibility index (Phi) is 1.99. The second kappa shape index (κ2) is 3.06. The van der Waals surface area contributed by atoms with Gasteiger partial charge in [0.05, 0.1) is 9.95 Å². The van der Waals surface area contributed by atoms with E-state index in [0.29, 0.717) is 15.5 Å². The Balaban J connectivity index is 2.45. The summed E-state index contributed by atoms with van der Waals surface area (Å²) in [7, 11) is 0. The molecule has 72 valence electrons. The lowest BCUT2D eigenvalue weighted by Crippen LogP contribution is -2.21. The van der Waals surface area contributed by atoms with Gasteiger partial charge in [0.1, 0.15) is 12.3 Å². The standard InChI is InChI=1S/C8H7N3O2S/c1-3-4-7(13)10-2-11-8(4)14-5(3)6(9)12/h2,4H,1H3,(H2,9,12). The Morgan fingerprint density at radius 3 is 2.93 bits per heavy atom. The van der Waals surface area contributed by atoms with E-state index in [1.165, 1.54) is 6.34 Å². The second-order valence-corrected chi connectivity index (χ2v) is 3.99. The van der Waals surface area contributed by atoms with Crippen LogP contribution in [0.4, 0.5) is 0 Å². The van der Waals surface area contributed by atoms with E-state index in [1.807, 2.05) is 0 Å². The van der Waals surface area contributed by atoms with Crippen LogP contribution in [0.15, 0.2) is 20.5 Å². The molecule has 0 spiro atoms. The van der Waals surface area contributed by atoms with Crippen LogP contribution >= 0.6 is 11.8 Å². The van der Waals surface area contributed by atoms with Gasteiger partial charge in [0, 0.05) is 0 Å². The first-order chi connectivity index (χ1) is 6.61. The van der Waals surface area contributed by atoms with Gasteiger partial charge in [0.15, 0.2) is 0 Å². The Morgan fingerprint density at radius 1 is 1.64 bits per heavy atom. The highest BCUT2D eigenvalue weighted by Gasteiger charge is 2.38. The quantitative estimate of drug-likeness (QED) is 0.663. The Morgan fingerprint density at radius 2 is 2.36 bits per heavy atom. The zero-order valence-electron chi connectivity index (χ0n) is 7.35. The van der Waals surface area contributed by atoms with Crippen LogP contribution in [0.25, 0.3) is 0 Å². The van der Waals surface area contributed by atoms with Crippen molar-refractivity contribution in [1.29, 1.82) is 0 Å². The highest BCUT2D eigenvalue weighted by Crippen LogP contribution is 2.39. The molecule has 0 aromatic heterocycles. The van der Waals surface area contributed by atoms with Gasteiger partial charge in [-0.3, -0.25) is 9.59 Å². The van der Waals surface area contributed by atoms with Crippen molar-refractivity contribution in [3.05, 3.63) is 10.5 Å².